The normalized spacial score (nSPS) is 16.3. The minimum atomic E-state index is -0.733. The fraction of sp³-hybridized carbons (Fsp3) is 0.458. The minimum absolute atomic E-state index is 0.298. The quantitative estimate of drug-likeness (QED) is 0.458. The number of rotatable bonds is 8. The molecule has 1 fully saturated rings. The molecule has 3 rings (SSSR count). The van der Waals surface area contributed by atoms with Gasteiger partial charge in [-0.15, -0.1) is 0 Å². The van der Waals surface area contributed by atoms with Gasteiger partial charge in [-0.25, -0.2) is 9.38 Å². The molecule has 1 heterocycles. The standard InChI is InChI=1S/C24H33FN4O/c1-2-26-24(28-17-23(30)21-10-12-22(25)13-11-21)27-16-19-6-8-20(9-7-19)18-29-14-4-3-5-15-29/h6-13,23,30H,2-5,14-18H2,1H3,(H2,26,27,28). The first-order chi connectivity index (χ1) is 14.6. The lowest BCUT2D eigenvalue weighted by atomic mass is 10.1. The highest BCUT2D eigenvalue weighted by atomic mass is 19.1. The van der Waals surface area contributed by atoms with E-state index in [4.69, 9.17) is 0 Å². The molecule has 1 saturated heterocycles. The molecule has 6 heteroatoms. The van der Waals surface area contributed by atoms with Gasteiger partial charge < -0.3 is 15.7 Å². The van der Waals surface area contributed by atoms with E-state index in [1.807, 2.05) is 6.92 Å². The van der Waals surface area contributed by atoms with Crippen LogP contribution in [0.3, 0.4) is 0 Å². The predicted molar refractivity (Wildman–Crippen MR) is 120 cm³/mol. The first-order valence-electron chi connectivity index (χ1n) is 10.9. The molecule has 2 aromatic carbocycles. The van der Waals surface area contributed by atoms with Crippen molar-refractivity contribution in [1.82, 2.24) is 15.5 Å². The number of piperidine rings is 1. The van der Waals surface area contributed by atoms with Crippen molar-refractivity contribution in [2.24, 2.45) is 4.99 Å². The van der Waals surface area contributed by atoms with Crippen LogP contribution in [-0.4, -0.2) is 42.1 Å². The summed E-state index contributed by atoms with van der Waals surface area (Å²) in [4.78, 5) is 7.15. The van der Waals surface area contributed by atoms with Gasteiger partial charge in [0.05, 0.1) is 12.6 Å². The van der Waals surface area contributed by atoms with Crippen LogP contribution in [0.1, 0.15) is 49.0 Å². The Labute approximate surface area is 179 Å². The summed E-state index contributed by atoms with van der Waals surface area (Å²) < 4.78 is 13.0. The molecular formula is C24H33FN4O. The second-order valence-electron chi connectivity index (χ2n) is 7.80. The maximum atomic E-state index is 13.0. The summed E-state index contributed by atoms with van der Waals surface area (Å²) in [6.07, 6.45) is 3.24. The van der Waals surface area contributed by atoms with E-state index in [0.717, 1.165) is 18.7 Å². The summed E-state index contributed by atoms with van der Waals surface area (Å²) in [5.41, 5.74) is 3.16. The number of aliphatic hydroxyl groups is 1. The molecule has 1 unspecified atom stereocenters. The van der Waals surface area contributed by atoms with Crippen molar-refractivity contribution in [2.75, 3.05) is 26.2 Å². The maximum Gasteiger partial charge on any atom is 0.191 e. The van der Waals surface area contributed by atoms with Crippen LogP contribution < -0.4 is 10.6 Å². The molecule has 5 nitrogen and oxygen atoms in total. The van der Waals surface area contributed by atoms with Crippen molar-refractivity contribution < 1.29 is 9.50 Å². The van der Waals surface area contributed by atoms with E-state index in [1.165, 1.54) is 50.0 Å². The molecule has 0 saturated carbocycles. The molecule has 162 valence electrons. The van der Waals surface area contributed by atoms with E-state index in [9.17, 15) is 9.50 Å². The van der Waals surface area contributed by atoms with E-state index in [2.05, 4.69) is 44.8 Å². The van der Waals surface area contributed by atoms with Crippen molar-refractivity contribution in [3.63, 3.8) is 0 Å². The molecule has 2 aromatic rings. The Balaban J connectivity index is 1.51. The Morgan fingerprint density at radius 2 is 1.67 bits per heavy atom. The number of hydrogen-bond donors (Lipinski definition) is 3. The summed E-state index contributed by atoms with van der Waals surface area (Å²) >= 11 is 0. The molecule has 0 bridgehead atoms. The summed E-state index contributed by atoms with van der Waals surface area (Å²) in [6, 6.07) is 14.6. The maximum absolute atomic E-state index is 13.0. The SMILES string of the molecule is CCNC(=NCc1ccc(CN2CCCCC2)cc1)NCC(O)c1ccc(F)cc1. The Morgan fingerprint density at radius 1 is 1.00 bits per heavy atom. The molecule has 0 radical (unpaired) electrons. The summed E-state index contributed by atoms with van der Waals surface area (Å²) in [6.45, 7) is 7.02. The zero-order valence-corrected chi connectivity index (χ0v) is 17.8. The third-order valence-electron chi connectivity index (χ3n) is 5.36. The molecule has 0 aromatic heterocycles. The van der Waals surface area contributed by atoms with Gasteiger partial charge in [0.15, 0.2) is 5.96 Å². The van der Waals surface area contributed by atoms with E-state index in [1.54, 1.807) is 12.1 Å². The largest absolute Gasteiger partial charge is 0.387 e. The zero-order valence-electron chi connectivity index (χ0n) is 17.8. The van der Waals surface area contributed by atoms with Crippen molar-refractivity contribution in [3.8, 4) is 0 Å². The molecule has 0 amide bonds. The van der Waals surface area contributed by atoms with Crippen molar-refractivity contribution >= 4 is 5.96 Å². The van der Waals surface area contributed by atoms with Gasteiger partial charge in [-0.3, -0.25) is 4.90 Å². The Hall–Kier alpha value is -2.44. The van der Waals surface area contributed by atoms with Gasteiger partial charge in [-0.2, -0.15) is 0 Å². The molecule has 0 spiro atoms. The molecular weight excluding hydrogens is 379 g/mol. The van der Waals surface area contributed by atoms with Gasteiger partial charge in [0.25, 0.3) is 0 Å². The van der Waals surface area contributed by atoms with Gasteiger partial charge in [0, 0.05) is 19.6 Å². The Kier molecular flexibility index (Phi) is 8.66. The van der Waals surface area contributed by atoms with Crippen LogP contribution in [0.2, 0.25) is 0 Å². The van der Waals surface area contributed by atoms with E-state index >= 15 is 0 Å². The lowest BCUT2D eigenvalue weighted by Gasteiger charge is -2.26. The lowest BCUT2D eigenvalue weighted by molar-refractivity contribution is 0.180. The molecule has 3 N–H and O–H groups in total. The number of hydrogen-bond acceptors (Lipinski definition) is 3. The number of benzene rings is 2. The van der Waals surface area contributed by atoms with Gasteiger partial charge in [-0.05, 0) is 61.7 Å². The summed E-state index contributed by atoms with van der Waals surface area (Å²) in [5, 5.41) is 16.7. The van der Waals surface area contributed by atoms with Gasteiger partial charge in [-0.1, -0.05) is 42.8 Å². The van der Waals surface area contributed by atoms with Crippen LogP contribution in [-0.2, 0) is 13.1 Å². The monoisotopic (exact) mass is 412 g/mol. The number of guanidine groups is 1. The van der Waals surface area contributed by atoms with Crippen LogP contribution >= 0.6 is 0 Å². The molecule has 1 aliphatic heterocycles. The fourth-order valence-corrected chi connectivity index (χ4v) is 3.63. The first kappa shape index (κ1) is 22.2. The number of halogens is 1. The van der Waals surface area contributed by atoms with Gasteiger partial charge >= 0.3 is 0 Å². The third-order valence-corrected chi connectivity index (χ3v) is 5.36. The highest BCUT2D eigenvalue weighted by Crippen LogP contribution is 2.14. The van der Waals surface area contributed by atoms with Crippen molar-refractivity contribution in [3.05, 3.63) is 71.0 Å². The van der Waals surface area contributed by atoms with E-state index in [0.29, 0.717) is 24.6 Å². The zero-order chi connectivity index (χ0) is 21.2. The molecule has 0 aliphatic carbocycles. The van der Waals surface area contributed by atoms with Crippen LogP contribution in [0.15, 0.2) is 53.5 Å². The van der Waals surface area contributed by atoms with Gasteiger partial charge in [0.2, 0.25) is 0 Å². The van der Waals surface area contributed by atoms with E-state index < -0.39 is 6.10 Å². The van der Waals surface area contributed by atoms with Crippen molar-refractivity contribution in [2.45, 2.75) is 45.4 Å². The molecule has 1 aliphatic rings. The summed E-state index contributed by atoms with van der Waals surface area (Å²) in [5.74, 6) is 0.340. The number of likely N-dealkylation sites (tertiary alicyclic amines) is 1. The summed E-state index contributed by atoms with van der Waals surface area (Å²) in [7, 11) is 0. The highest BCUT2D eigenvalue weighted by Gasteiger charge is 2.11. The van der Waals surface area contributed by atoms with E-state index in [-0.39, 0.29) is 5.82 Å². The number of aliphatic imine (C=N–C) groups is 1. The molecule has 1 atom stereocenters. The van der Waals surface area contributed by atoms with Gasteiger partial charge in [0.1, 0.15) is 5.82 Å². The predicted octanol–water partition coefficient (Wildman–Crippen LogP) is 3.60. The lowest BCUT2D eigenvalue weighted by Crippen LogP contribution is -2.39. The number of nitrogens with zero attached hydrogens (tertiary/aromatic N) is 2. The average molecular weight is 413 g/mol. The molecule has 30 heavy (non-hydrogen) atoms. The third kappa shape index (κ3) is 7.11. The Bertz CT molecular complexity index is 786. The van der Waals surface area contributed by atoms with Crippen LogP contribution in [0.25, 0.3) is 0 Å². The highest BCUT2D eigenvalue weighted by molar-refractivity contribution is 5.79. The Morgan fingerprint density at radius 3 is 2.33 bits per heavy atom. The minimum Gasteiger partial charge on any atom is -0.387 e. The number of nitrogens with one attached hydrogen (secondary N) is 2. The van der Waals surface area contributed by atoms with Crippen LogP contribution in [0.4, 0.5) is 4.39 Å². The topological polar surface area (TPSA) is 59.9 Å². The number of aliphatic hydroxyl groups excluding tert-OH is 1. The second-order valence-corrected chi connectivity index (χ2v) is 7.80. The van der Waals surface area contributed by atoms with Crippen molar-refractivity contribution in [1.29, 1.82) is 0 Å². The first-order valence-corrected chi connectivity index (χ1v) is 10.9. The average Bonchev–Trinajstić information content (AvgIpc) is 2.77. The van der Waals surface area contributed by atoms with Crippen LogP contribution in [0.5, 0.6) is 0 Å². The second kappa shape index (κ2) is 11.7. The fourth-order valence-electron chi connectivity index (χ4n) is 3.63. The smallest absolute Gasteiger partial charge is 0.191 e. The van der Waals surface area contributed by atoms with Crippen LogP contribution in [0, 0.1) is 5.82 Å².